The number of hydrogen-bond acceptors (Lipinski definition) is 3. The molecule has 0 fully saturated rings. The van der Waals surface area contributed by atoms with E-state index in [2.05, 4.69) is 10.3 Å². The zero-order chi connectivity index (χ0) is 14.0. The van der Waals surface area contributed by atoms with E-state index in [0.717, 1.165) is 5.56 Å². The number of rotatable bonds is 2. The summed E-state index contributed by atoms with van der Waals surface area (Å²) >= 11 is 0. The second-order valence-corrected chi connectivity index (χ2v) is 4.35. The highest BCUT2D eigenvalue weighted by Gasteiger charge is 2.15. The van der Waals surface area contributed by atoms with E-state index in [9.17, 15) is 4.79 Å². The van der Waals surface area contributed by atoms with E-state index >= 15 is 0 Å². The van der Waals surface area contributed by atoms with Crippen LogP contribution in [0, 0.1) is 25.2 Å². The molecule has 0 unspecified atom stereocenters. The molecule has 1 heterocycles. The van der Waals surface area contributed by atoms with Gasteiger partial charge in [-0.15, -0.1) is 0 Å². The fourth-order valence-corrected chi connectivity index (χ4v) is 1.79. The summed E-state index contributed by atoms with van der Waals surface area (Å²) in [6.45, 7) is 3.70. The van der Waals surface area contributed by atoms with Gasteiger partial charge in [-0.05, 0) is 26.0 Å². The van der Waals surface area contributed by atoms with E-state index in [4.69, 9.17) is 5.26 Å². The summed E-state index contributed by atoms with van der Waals surface area (Å²) in [5, 5.41) is 11.8. The Labute approximate surface area is 111 Å². The summed E-state index contributed by atoms with van der Waals surface area (Å²) in [6.07, 6.45) is 0. The van der Waals surface area contributed by atoms with Crippen molar-refractivity contribution in [1.29, 1.82) is 5.26 Å². The second-order valence-electron chi connectivity index (χ2n) is 4.35. The van der Waals surface area contributed by atoms with Gasteiger partial charge in [0.05, 0.1) is 0 Å². The molecule has 2 rings (SSSR count). The van der Waals surface area contributed by atoms with Crippen LogP contribution in [-0.2, 0) is 7.05 Å². The van der Waals surface area contributed by atoms with Crippen molar-refractivity contribution in [1.82, 2.24) is 9.55 Å². The molecule has 0 bridgehead atoms. The smallest absolute Gasteiger partial charge is 0.256 e. The summed E-state index contributed by atoms with van der Waals surface area (Å²) in [7, 11) is 1.74. The Morgan fingerprint density at radius 1 is 1.42 bits per heavy atom. The maximum absolute atomic E-state index is 12.1. The largest absolute Gasteiger partial charge is 0.321 e. The minimum atomic E-state index is -0.265. The highest BCUT2D eigenvalue weighted by molar-refractivity contribution is 6.04. The SMILES string of the molecule is Cc1cccc(C(=O)Nc2nc(C)n(C)c2C#N)c1. The van der Waals surface area contributed by atoms with E-state index in [1.807, 2.05) is 25.1 Å². The highest BCUT2D eigenvalue weighted by Crippen LogP contribution is 2.15. The number of anilines is 1. The molecule has 96 valence electrons. The number of amides is 1. The quantitative estimate of drug-likeness (QED) is 0.892. The fourth-order valence-electron chi connectivity index (χ4n) is 1.79. The monoisotopic (exact) mass is 254 g/mol. The van der Waals surface area contributed by atoms with Crippen LogP contribution >= 0.6 is 0 Å². The molecule has 5 nitrogen and oxygen atoms in total. The predicted molar refractivity (Wildman–Crippen MR) is 71.8 cm³/mol. The minimum Gasteiger partial charge on any atom is -0.321 e. The van der Waals surface area contributed by atoms with Gasteiger partial charge < -0.3 is 9.88 Å². The van der Waals surface area contributed by atoms with Crippen molar-refractivity contribution in [3.8, 4) is 6.07 Å². The number of aryl methyl sites for hydroxylation is 2. The first-order chi connectivity index (χ1) is 9.02. The highest BCUT2D eigenvalue weighted by atomic mass is 16.1. The Bertz CT molecular complexity index is 679. The standard InChI is InChI=1S/C14H14N4O/c1-9-5-4-6-11(7-9)14(19)17-13-12(8-15)18(3)10(2)16-13/h4-7H,1-3H3,(H,17,19). The van der Waals surface area contributed by atoms with Gasteiger partial charge in [-0.3, -0.25) is 4.79 Å². The Hall–Kier alpha value is -2.61. The average molecular weight is 254 g/mol. The number of nitrogens with one attached hydrogen (secondary N) is 1. The van der Waals surface area contributed by atoms with Crippen molar-refractivity contribution in [3.05, 3.63) is 46.9 Å². The normalized spacial score (nSPS) is 10.0. The van der Waals surface area contributed by atoms with Crippen molar-refractivity contribution in [2.45, 2.75) is 13.8 Å². The van der Waals surface area contributed by atoms with Gasteiger partial charge in [0.15, 0.2) is 11.5 Å². The third-order valence-electron chi connectivity index (χ3n) is 2.94. The lowest BCUT2D eigenvalue weighted by Gasteiger charge is -2.03. The molecule has 0 saturated carbocycles. The number of carbonyl (C=O) groups is 1. The molecular formula is C14H14N4O. The topological polar surface area (TPSA) is 70.7 Å². The summed E-state index contributed by atoms with van der Waals surface area (Å²) in [4.78, 5) is 16.3. The predicted octanol–water partition coefficient (Wildman–Crippen LogP) is 2.16. The third-order valence-corrected chi connectivity index (χ3v) is 2.94. The van der Waals surface area contributed by atoms with E-state index in [1.54, 1.807) is 30.7 Å². The lowest BCUT2D eigenvalue weighted by molar-refractivity contribution is 0.102. The van der Waals surface area contributed by atoms with Crippen LogP contribution in [0.5, 0.6) is 0 Å². The first-order valence-corrected chi connectivity index (χ1v) is 5.84. The summed E-state index contributed by atoms with van der Waals surface area (Å²) in [5.41, 5.74) is 1.90. The van der Waals surface area contributed by atoms with E-state index in [1.165, 1.54) is 0 Å². The molecule has 5 heteroatoms. The van der Waals surface area contributed by atoms with Crippen molar-refractivity contribution < 1.29 is 4.79 Å². The van der Waals surface area contributed by atoms with Gasteiger partial charge in [0, 0.05) is 12.6 Å². The van der Waals surface area contributed by atoms with Gasteiger partial charge in [-0.2, -0.15) is 5.26 Å². The first-order valence-electron chi connectivity index (χ1n) is 5.84. The van der Waals surface area contributed by atoms with Gasteiger partial charge in [0.1, 0.15) is 11.9 Å². The maximum Gasteiger partial charge on any atom is 0.256 e. The number of benzene rings is 1. The lowest BCUT2D eigenvalue weighted by Crippen LogP contribution is -2.13. The molecular weight excluding hydrogens is 240 g/mol. The zero-order valence-corrected chi connectivity index (χ0v) is 11.1. The number of aromatic nitrogens is 2. The molecule has 0 saturated heterocycles. The average Bonchev–Trinajstić information content (AvgIpc) is 2.64. The summed E-state index contributed by atoms with van der Waals surface area (Å²) < 4.78 is 1.64. The first kappa shape index (κ1) is 12.8. The molecule has 1 amide bonds. The molecule has 0 spiro atoms. The van der Waals surface area contributed by atoms with Crippen molar-refractivity contribution >= 4 is 11.7 Å². The maximum atomic E-state index is 12.1. The van der Waals surface area contributed by atoms with Crippen molar-refractivity contribution in [2.24, 2.45) is 7.05 Å². The van der Waals surface area contributed by atoms with Gasteiger partial charge in [-0.1, -0.05) is 17.7 Å². The molecule has 0 aliphatic carbocycles. The Kier molecular flexibility index (Phi) is 3.34. The van der Waals surface area contributed by atoms with Crippen molar-refractivity contribution in [2.75, 3.05) is 5.32 Å². The molecule has 0 aliphatic rings. The molecule has 2 aromatic rings. The van der Waals surface area contributed by atoms with Crippen LogP contribution in [0.2, 0.25) is 0 Å². The second kappa shape index (κ2) is 4.94. The van der Waals surface area contributed by atoms with Gasteiger partial charge in [-0.25, -0.2) is 4.98 Å². The Balaban J connectivity index is 2.30. The number of carbonyl (C=O) groups excluding carboxylic acids is 1. The number of imidazole rings is 1. The molecule has 0 radical (unpaired) electrons. The molecule has 1 N–H and O–H groups in total. The van der Waals surface area contributed by atoms with Crippen LogP contribution in [0.4, 0.5) is 5.82 Å². The fraction of sp³-hybridized carbons (Fsp3) is 0.214. The Morgan fingerprint density at radius 2 is 2.16 bits per heavy atom. The van der Waals surface area contributed by atoms with E-state index in [-0.39, 0.29) is 5.91 Å². The number of nitriles is 1. The van der Waals surface area contributed by atoms with Crippen LogP contribution in [0.15, 0.2) is 24.3 Å². The van der Waals surface area contributed by atoms with Crippen molar-refractivity contribution in [3.63, 3.8) is 0 Å². The molecule has 19 heavy (non-hydrogen) atoms. The zero-order valence-electron chi connectivity index (χ0n) is 11.1. The van der Waals surface area contributed by atoms with Gasteiger partial charge in [0.25, 0.3) is 5.91 Å². The molecule has 1 aromatic carbocycles. The van der Waals surface area contributed by atoms with Gasteiger partial charge in [0.2, 0.25) is 0 Å². The lowest BCUT2D eigenvalue weighted by atomic mass is 10.1. The van der Waals surface area contributed by atoms with Crippen LogP contribution in [0.3, 0.4) is 0 Å². The molecule has 0 atom stereocenters. The van der Waals surface area contributed by atoms with Crippen LogP contribution < -0.4 is 5.32 Å². The minimum absolute atomic E-state index is 0.265. The summed E-state index contributed by atoms with van der Waals surface area (Å²) in [5.74, 6) is 0.711. The number of hydrogen-bond donors (Lipinski definition) is 1. The van der Waals surface area contributed by atoms with E-state index < -0.39 is 0 Å². The number of nitrogens with zero attached hydrogens (tertiary/aromatic N) is 3. The van der Waals surface area contributed by atoms with Crippen LogP contribution in [0.1, 0.15) is 27.4 Å². The molecule has 1 aromatic heterocycles. The summed E-state index contributed by atoms with van der Waals surface area (Å²) in [6, 6.07) is 9.29. The van der Waals surface area contributed by atoms with Crippen LogP contribution in [0.25, 0.3) is 0 Å². The third kappa shape index (κ3) is 2.47. The van der Waals surface area contributed by atoms with Crippen LogP contribution in [-0.4, -0.2) is 15.5 Å². The molecule has 0 aliphatic heterocycles. The van der Waals surface area contributed by atoms with E-state index in [0.29, 0.717) is 22.9 Å². The van der Waals surface area contributed by atoms with Gasteiger partial charge >= 0.3 is 0 Å². The Morgan fingerprint density at radius 3 is 2.79 bits per heavy atom.